The summed E-state index contributed by atoms with van der Waals surface area (Å²) in [5, 5.41) is 1.89. The molecule has 1 aliphatic rings. The molecule has 156 valence electrons. The lowest BCUT2D eigenvalue weighted by molar-refractivity contribution is -0.134. The van der Waals surface area contributed by atoms with E-state index in [1.54, 1.807) is 17.0 Å². The van der Waals surface area contributed by atoms with E-state index in [1.807, 2.05) is 61.5 Å². The van der Waals surface area contributed by atoms with Crippen LogP contribution >= 0.6 is 0 Å². The smallest absolute Gasteiger partial charge is 0.260 e. The number of para-hydroxylation sites is 1. The minimum atomic E-state index is -3.60. The van der Waals surface area contributed by atoms with E-state index in [0.29, 0.717) is 18.8 Å². The van der Waals surface area contributed by atoms with Gasteiger partial charge in [-0.25, -0.2) is 8.42 Å². The number of carbonyl (C=O) groups excluding carboxylic acids is 1. The Balaban J connectivity index is 1.38. The van der Waals surface area contributed by atoms with Gasteiger partial charge in [0.15, 0.2) is 6.61 Å². The van der Waals surface area contributed by atoms with Crippen LogP contribution in [0.2, 0.25) is 0 Å². The van der Waals surface area contributed by atoms with Crippen molar-refractivity contribution in [1.29, 1.82) is 0 Å². The first-order chi connectivity index (χ1) is 14.4. The van der Waals surface area contributed by atoms with Gasteiger partial charge in [0.05, 0.1) is 4.90 Å². The first-order valence-corrected chi connectivity index (χ1v) is 11.3. The Morgan fingerprint density at radius 3 is 2.30 bits per heavy atom. The molecule has 0 aromatic heterocycles. The zero-order chi connectivity index (χ0) is 21.1. The van der Waals surface area contributed by atoms with Gasteiger partial charge in [0, 0.05) is 26.2 Å². The number of amides is 1. The first-order valence-electron chi connectivity index (χ1n) is 9.90. The van der Waals surface area contributed by atoms with Gasteiger partial charge in [-0.2, -0.15) is 4.31 Å². The van der Waals surface area contributed by atoms with E-state index in [1.165, 1.54) is 4.31 Å². The number of sulfonamides is 1. The summed E-state index contributed by atoms with van der Waals surface area (Å²) in [5.41, 5.74) is 0.969. The summed E-state index contributed by atoms with van der Waals surface area (Å²) in [5.74, 6) is 0.546. The quantitative estimate of drug-likeness (QED) is 0.631. The van der Waals surface area contributed by atoms with Gasteiger partial charge in [-0.15, -0.1) is 0 Å². The molecule has 4 rings (SSSR count). The monoisotopic (exact) mass is 424 g/mol. The van der Waals surface area contributed by atoms with Gasteiger partial charge >= 0.3 is 0 Å². The highest BCUT2D eigenvalue weighted by atomic mass is 32.2. The summed E-state index contributed by atoms with van der Waals surface area (Å²) in [6.07, 6.45) is 0. The number of rotatable bonds is 5. The molecule has 0 bridgehead atoms. The van der Waals surface area contributed by atoms with Crippen LogP contribution in [0.15, 0.2) is 71.6 Å². The van der Waals surface area contributed by atoms with E-state index in [2.05, 4.69) is 0 Å². The zero-order valence-corrected chi connectivity index (χ0v) is 17.6. The summed E-state index contributed by atoms with van der Waals surface area (Å²) in [6.45, 7) is 3.11. The summed E-state index contributed by atoms with van der Waals surface area (Å²) >= 11 is 0. The van der Waals surface area contributed by atoms with Crippen LogP contribution in [-0.4, -0.2) is 56.3 Å². The Morgan fingerprint density at radius 1 is 0.900 bits per heavy atom. The molecule has 1 heterocycles. The summed E-state index contributed by atoms with van der Waals surface area (Å²) < 4.78 is 33.2. The van der Waals surface area contributed by atoms with Crippen LogP contribution in [0.5, 0.6) is 5.75 Å². The molecule has 0 unspecified atom stereocenters. The summed E-state index contributed by atoms with van der Waals surface area (Å²) in [7, 11) is -3.60. The molecular weight excluding hydrogens is 400 g/mol. The number of piperazine rings is 1. The molecule has 30 heavy (non-hydrogen) atoms. The molecule has 1 amide bonds. The second kappa shape index (κ2) is 8.45. The molecule has 0 aliphatic carbocycles. The summed E-state index contributed by atoms with van der Waals surface area (Å²) in [6, 6.07) is 20.4. The fourth-order valence-corrected chi connectivity index (χ4v) is 5.06. The van der Waals surface area contributed by atoms with Gasteiger partial charge in [0.2, 0.25) is 10.0 Å². The van der Waals surface area contributed by atoms with Gasteiger partial charge in [-0.3, -0.25) is 4.79 Å². The van der Waals surface area contributed by atoms with Gasteiger partial charge in [0.1, 0.15) is 5.75 Å². The molecule has 0 N–H and O–H groups in total. The molecule has 3 aromatic carbocycles. The Bertz CT molecular complexity index is 1170. The van der Waals surface area contributed by atoms with Crippen LogP contribution < -0.4 is 4.74 Å². The third-order valence-corrected chi connectivity index (χ3v) is 7.29. The number of fused-ring (bicyclic) bond motifs is 1. The van der Waals surface area contributed by atoms with Crippen molar-refractivity contribution in [3.63, 3.8) is 0 Å². The average Bonchev–Trinajstić information content (AvgIpc) is 2.78. The number of nitrogens with zero attached hydrogens (tertiary/aromatic N) is 2. The number of hydrogen-bond donors (Lipinski definition) is 0. The van der Waals surface area contributed by atoms with Crippen molar-refractivity contribution in [2.75, 3.05) is 32.8 Å². The van der Waals surface area contributed by atoms with E-state index in [4.69, 9.17) is 4.74 Å². The molecule has 0 atom stereocenters. The Hall–Kier alpha value is -2.90. The maximum absolute atomic E-state index is 13.1. The van der Waals surface area contributed by atoms with Crippen LogP contribution in [0, 0.1) is 6.92 Å². The SMILES string of the molecule is Cc1ccccc1OCC(=O)N1CCN(S(=O)(=O)c2ccc3ccccc3c2)CC1. The minimum absolute atomic E-state index is 0.0533. The van der Waals surface area contributed by atoms with E-state index < -0.39 is 10.0 Å². The fraction of sp³-hybridized carbons (Fsp3) is 0.261. The maximum Gasteiger partial charge on any atom is 0.260 e. The predicted octanol–water partition coefficient (Wildman–Crippen LogP) is 3.06. The number of carbonyl (C=O) groups is 1. The second-order valence-electron chi connectivity index (χ2n) is 7.35. The van der Waals surface area contributed by atoms with Crippen LogP contribution in [-0.2, 0) is 14.8 Å². The standard InChI is InChI=1S/C23H24N2O4S/c1-18-6-2-5-9-22(18)29-17-23(26)24-12-14-25(15-13-24)30(27,28)21-11-10-19-7-3-4-8-20(19)16-21/h2-11,16H,12-15,17H2,1H3. The normalized spacial score (nSPS) is 15.3. The van der Waals surface area contributed by atoms with Crippen molar-refractivity contribution in [3.05, 3.63) is 72.3 Å². The largest absolute Gasteiger partial charge is 0.484 e. The Labute approximate surface area is 176 Å². The van der Waals surface area contributed by atoms with E-state index in [0.717, 1.165) is 16.3 Å². The topological polar surface area (TPSA) is 66.9 Å². The average molecular weight is 425 g/mol. The van der Waals surface area contributed by atoms with Crippen molar-refractivity contribution >= 4 is 26.7 Å². The molecule has 6 nitrogen and oxygen atoms in total. The maximum atomic E-state index is 13.1. The molecule has 1 saturated heterocycles. The lowest BCUT2D eigenvalue weighted by Crippen LogP contribution is -2.51. The molecule has 1 aliphatic heterocycles. The van der Waals surface area contributed by atoms with Crippen molar-refractivity contribution < 1.29 is 17.9 Å². The van der Waals surface area contributed by atoms with Gasteiger partial charge in [-0.1, -0.05) is 48.5 Å². The number of benzene rings is 3. The number of hydrogen-bond acceptors (Lipinski definition) is 4. The van der Waals surface area contributed by atoms with Crippen LogP contribution in [0.4, 0.5) is 0 Å². The molecule has 0 saturated carbocycles. The number of aryl methyl sites for hydroxylation is 1. The highest BCUT2D eigenvalue weighted by molar-refractivity contribution is 7.89. The first kappa shape index (κ1) is 20.4. The van der Waals surface area contributed by atoms with E-state index >= 15 is 0 Å². The van der Waals surface area contributed by atoms with Crippen LogP contribution in [0.3, 0.4) is 0 Å². The second-order valence-corrected chi connectivity index (χ2v) is 9.29. The number of ether oxygens (including phenoxy) is 1. The Morgan fingerprint density at radius 2 is 1.57 bits per heavy atom. The predicted molar refractivity (Wildman–Crippen MR) is 116 cm³/mol. The van der Waals surface area contributed by atoms with Crippen molar-refractivity contribution in [1.82, 2.24) is 9.21 Å². The zero-order valence-electron chi connectivity index (χ0n) is 16.8. The summed E-state index contributed by atoms with van der Waals surface area (Å²) in [4.78, 5) is 14.4. The minimum Gasteiger partial charge on any atom is -0.484 e. The van der Waals surface area contributed by atoms with Crippen molar-refractivity contribution in [3.8, 4) is 5.75 Å². The highest BCUT2D eigenvalue weighted by Crippen LogP contribution is 2.23. The molecule has 1 fully saturated rings. The third-order valence-electron chi connectivity index (χ3n) is 5.39. The van der Waals surface area contributed by atoms with Gasteiger partial charge in [-0.05, 0) is 41.5 Å². The van der Waals surface area contributed by atoms with Crippen molar-refractivity contribution in [2.45, 2.75) is 11.8 Å². The van der Waals surface area contributed by atoms with Crippen LogP contribution in [0.1, 0.15) is 5.56 Å². The lowest BCUT2D eigenvalue weighted by atomic mass is 10.1. The van der Waals surface area contributed by atoms with Crippen molar-refractivity contribution in [2.24, 2.45) is 0 Å². The fourth-order valence-electron chi connectivity index (χ4n) is 3.60. The van der Waals surface area contributed by atoms with Gasteiger partial charge < -0.3 is 9.64 Å². The highest BCUT2D eigenvalue weighted by Gasteiger charge is 2.30. The van der Waals surface area contributed by atoms with Crippen LogP contribution in [0.25, 0.3) is 10.8 Å². The lowest BCUT2D eigenvalue weighted by Gasteiger charge is -2.34. The van der Waals surface area contributed by atoms with E-state index in [9.17, 15) is 13.2 Å². The molecule has 3 aromatic rings. The molecule has 7 heteroatoms. The molecule has 0 spiro atoms. The Kier molecular flexibility index (Phi) is 5.74. The third kappa shape index (κ3) is 4.17. The van der Waals surface area contributed by atoms with E-state index in [-0.39, 0.29) is 30.5 Å². The molecule has 0 radical (unpaired) electrons. The van der Waals surface area contributed by atoms with Gasteiger partial charge in [0.25, 0.3) is 5.91 Å². The molecular formula is C23H24N2O4S.